The first-order valence-electron chi connectivity index (χ1n) is 8.28. The van der Waals surface area contributed by atoms with Crippen LogP contribution in [0.15, 0.2) is 64.9 Å². The van der Waals surface area contributed by atoms with Crippen molar-refractivity contribution in [3.63, 3.8) is 0 Å². The summed E-state index contributed by atoms with van der Waals surface area (Å²) < 4.78 is 21.1. The van der Waals surface area contributed by atoms with Crippen LogP contribution in [0.3, 0.4) is 0 Å². The molecule has 3 rings (SSSR count). The molecule has 0 N–H and O–H groups in total. The van der Waals surface area contributed by atoms with E-state index in [1.165, 1.54) is 17.8 Å². The Hall–Kier alpha value is -2.87. The van der Waals surface area contributed by atoms with Gasteiger partial charge in [0.15, 0.2) is 11.0 Å². The zero-order valence-corrected chi connectivity index (χ0v) is 15.7. The van der Waals surface area contributed by atoms with E-state index in [9.17, 15) is 9.18 Å². The molecule has 0 fully saturated rings. The fraction of sp³-hybridized carbons (Fsp3) is 0.211. The number of benzene rings is 1. The lowest BCUT2D eigenvalue weighted by atomic mass is 10.2. The number of nitrogens with zero attached hydrogens (tertiary/aromatic N) is 4. The second-order valence-electron chi connectivity index (χ2n) is 5.80. The molecule has 3 aromatic rings. The maximum atomic E-state index is 14.1. The monoisotopic (exact) mass is 386 g/mol. The van der Waals surface area contributed by atoms with E-state index >= 15 is 0 Å². The Morgan fingerprint density at radius 2 is 2.15 bits per heavy atom. The smallest absolute Gasteiger partial charge is 0.233 e. The van der Waals surface area contributed by atoms with Crippen LogP contribution in [0.25, 0.3) is 11.4 Å². The summed E-state index contributed by atoms with van der Waals surface area (Å²) in [5, 5.41) is 8.78. The van der Waals surface area contributed by atoms with Crippen LogP contribution in [0, 0.1) is 5.82 Å². The fourth-order valence-electron chi connectivity index (χ4n) is 2.49. The van der Waals surface area contributed by atoms with Gasteiger partial charge < -0.3 is 9.32 Å². The average molecular weight is 386 g/mol. The minimum absolute atomic E-state index is 0.0722. The molecule has 0 atom stereocenters. The van der Waals surface area contributed by atoms with Gasteiger partial charge in [-0.25, -0.2) is 4.39 Å². The molecule has 0 aliphatic heterocycles. The molecule has 0 bridgehead atoms. The fourth-order valence-corrected chi connectivity index (χ4v) is 3.38. The Kier molecular flexibility index (Phi) is 6.08. The number of allylic oxidation sites excluding steroid dienone is 1. The molecule has 0 saturated carbocycles. The van der Waals surface area contributed by atoms with Gasteiger partial charge in [-0.15, -0.1) is 16.8 Å². The summed E-state index contributed by atoms with van der Waals surface area (Å²) >= 11 is 1.25. The lowest BCUT2D eigenvalue weighted by Crippen LogP contribution is -2.27. The van der Waals surface area contributed by atoms with Gasteiger partial charge in [0.05, 0.1) is 24.1 Å². The van der Waals surface area contributed by atoms with Crippen molar-refractivity contribution < 1.29 is 13.6 Å². The van der Waals surface area contributed by atoms with Gasteiger partial charge in [0, 0.05) is 13.6 Å². The molecule has 0 radical (unpaired) electrons. The summed E-state index contributed by atoms with van der Waals surface area (Å²) in [6.45, 7) is 4.54. The van der Waals surface area contributed by atoms with Gasteiger partial charge in [-0.2, -0.15) is 0 Å². The number of halogens is 1. The molecular weight excluding hydrogens is 367 g/mol. The van der Waals surface area contributed by atoms with E-state index in [0.29, 0.717) is 35.4 Å². The van der Waals surface area contributed by atoms with Gasteiger partial charge in [-0.3, -0.25) is 9.36 Å². The maximum absolute atomic E-state index is 14.1. The molecule has 1 aromatic carbocycles. The zero-order chi connectivity index (χ0) is 19.2. The third-order valence-corrected chi connectivity index (χ3v) is 4.82. The molecule has 1 amide bonds. The number of furan rings is 1. The SMILES string of the molecule is C=CCn1c(SCC(=O)N(C)Cc2ccco2)nnc1-c1ccccc1F. The quantitative estimate of drug-likeness (QED) is 0.437. The highest BCUT2D eigenvalue weighted by atomic mass is 32.2. The highest BCUT2D eigenvalue weighted by Crippen LogP contribution is 2.26. The van der Waals surface area contributed by atoms with Crippen molar-refractivity contribution in [1.82, 2.24) is 19.7 Å². The molecule has 0 unspecified atom stereocenters. The summed E-state index contributed by atoms with van der Waals surface area (Å²) in [6.07, 6.45) is 3.26. The van der Waals surface area contributed by atoms with Gasteiger partial charge in [0.25, 0.3) is 0 Å². The van der Waals surface area contributed by atoms with Crippen LogP contribution in [0.5, 0.6) is 0 Å². The van der Waals surface area contributed by atoms with E-state index in [1.807, 2.05) is 6.07 Å². The number of rotatable bonds is 8. The molecule has 8 heteroatoms. The van der Waals surface area contributed by atoms with Crippen molar-refractivity contribution >= 4 is 17.7 Å². The van der Waals surface area contributed by atoms with E-state index in [2.05, 4.69) is 16.8 Å². The lowest BCUT2D eigenvalue weighted by Gasteiger charge is -2.15. The van der Waals surface area contributed by atoms with E-state index in [0.717, 1.165) is 0 Å². The number of aromatic nitrogens is 3. The molecule has 0 spiro atoms. The summed E-state index contributed by atoms with van der Waals surface area (Å²) in [6, 6.07) is 9.99. The van der Waals surface area contributed by atoms with Gasteiger partial charge >= 0.3 is 0 Å². The molecule has 2 heterocycles. The Labute approximate surface area is 160 Å². The summed E-state index contributed by atoms with van der Waals surface area (Å²) in [5.41, 5.74) is 0.361. The van der Waals surface area contributed by atoms with Gasteiger partial charge in [0.2, 0.25) is 5.91 Å². The van der Waals surface area contributed by atoms with E-state index in [1.54, 1.807) is 53.1 Å². The first-order chi connectivity index (χ1) is 13.1. The molecule has 0 aliphatic rings. The third kappa shape index (κ3) is 4.46. The number of hydrogen-bond donors (Lipinski definition) is 0. The Balaban J connectivity index is 1.72. The van der Waals surface area contributed by atoms with Crippen LogP contribution in [0.4, 0.5) is 4.39 Å². The van der Waals surface area contributed by atoms with Crippen LogP contribution >= 0.6 is 11.8 Å². The zero-order valence-electron chi connectivity index (χ0n) is 14.8. The minimum atomic E-state index is -0.374. The second kappa shape index (κ2) is 8.68. The van der Waals surface area contributed by atoms with Crippen LogP contribution in [0.1, 0.15) is 5.76 Å². The standard InChI is InChI=1S/C19H19FN4O2S/c1-3-10-24-18(15-8-4-5-9-16(15)20)21-22-19(24)27-13-17(25)23(2)12-14-7-6-11-26-14/h3-9,11H,1,10,12-13H2,2H3. The molecule has 0 saturated heterocycles. The van der Waals surface area contributed by atoms with E-state index < -0.39 is 0 Å². The molecule has 0 aliphatic carbocycles. The first kappa shape index (κ1) is 18.9. The molecule has 140 valence electrons. The Morgan fingerprint density at radius 1 is 1.33 bits per heavy atom. The minimum Gasteiger partial charge on any atom is -0.467 e. The van der Waals surface area contributed by atoms with E-state index in [-0.39, 0.29) is 17.5 Å². The second-order valence-corrected chi connectivity index (χ2v) is 6.75. The average Bonchev–Trinajstić information content (AvgIpc) is 3.31. The van der Waals surface area contributed by atoms with Crippen molar-refractivity contribution in [3.05, 3.63) is 66.9 Å². The number of carbonyl (C=O) groups is 1. The molecule has 2 aromatic heterocycles. The van der Waals surface area contributed by atoms with Crippen LogP contribution in [-0.2, 0) is 17.9 Å². The topological polar surface area (TPSA) is 64.2 Å². The van der Waals surface area contributed by atoms with Crippen molar-refractivity contribution in [1.29, 1.82) is 0 Å². The van der Waals surface area contributed by atoms with E-state index in [4.69, 9.17) is 4.42 Å². The maximum Gasteiger partial charge on any atom is 0.233 e. The van der Waals surface area contributed by atoms with Gasteiger partial charge in [0.1, 0.15) is 11.6 Å². The summed E-state index contributed by atoms with van der Waals surface area (Å²) in [5.74, 6) is 0.862. The largest absolute Gasteiger partial charge is 0.467 e. The highest BCUT2D eigenvalue weighted by molar-refractivity contribution is 7.99. The van der Waals surface area contributed by atoms with Crippen molar-refractivity contribution in [2.45, 2.75) is 18.2 Å². The molecular formula is C19H19FN4O2S. The molecule has 6 nitrogen and oxygen atoms in total. The third-order valence-electron chi connectivity index (χ3n) is 3.87. The lowest BCUT2D eigenvalue weighted by molar-refractivity contribution is -0.127. The normalized spacial score (nSPS) is 10.7. The molecule has 27 heavy (non-hydrogen) atoms. The van der Waals surface area contributed by atoms with Crippen molar-refractivity contribution in [3.8, 4) is 11.4 Å². The van der Waals surface area contributed by atoms with Crippen LogP contribution in [-0.4, -0.2) is 38.4 Å². The van der Waals surface area contributed by atoms with Crippen molar-refractivity contribution in [2.24, 2.45) is 0 Å². The summed E-state index contributed by atoms with van der Waals surface area (Å²) in [7, 11) is 1.71. The number of carbonyl (C=O) groups excluding carboxylic acids is 1. The van der Waals surface area contributed by atoms with Crippen LogP contribution < -0.4 is 0 Å². The predicted octanol–water partition coefficient (Wildman–Crippen LogP) is 3.61. The number of thioether (sulfide) groups is 1. The highest BCUT2D eigenvalue weighted by Gasteiger charge is 2.18. The Morgan fingerprint density at radius 3 is 2.85 bits per heavy atom. The Bertz CT molecular complexity index is 924. The summed E-state index contributed by atoms with van der Waals surface area (Å²) in [4.78, 5) is 13.9. The van der Waals surface area contributed by atoms with Crippen LogP contribution in [0.2, 0.25) is 0 Å². The number of hydrogen-bond acceptors (Lipinski definition) is 5. The predicted molar refractivity (Wildman–Crippen MR) is 102 cm³/mol. The van der Waals surface area contributed by atoms with Gasteiger partial charge in [-0.05, 0) is 24.3 Å². The number of amides is 1. The first-order valence-corrected chi connectivity index (χ1v) is 9.27. The van der Waals surface area contributed by atoms with Gasteiger partial charge in [-0.1, -0.05) is 30.0 Å². The van der Waals surface area contributed by atoms with Crippen molar-refractivity contribution in [2.75, 3.05) is 12.8 Å².